The highest BCUT2D eigenvalue weighted by molar-refractivity contribution is 9.10. The second kappa shape index (κ2) is 5.99. The number of rotatable bonds is 3. The minimum absolute atomic E-state index is 0.242. The molecule has 5 heteroatoms. The van der Waals surface area contributed by atoms with Crippen molar-refractivity contribution in [3.8, 4) is 5.75 Å². The van der Waals surface area contributed by atoms with Crippen molar-refractivity contribution in [3.63, 3.8) is 0 Å². The molecule has 0 radical (unpaired) electrons. The van der Waals surface area contributed by atoms with E-state index in [4.69, 9.17) is 4.74 Å². The van der Waals surface area contributed by atoms with E-state index in [1.165, 1.54) is 6.07 Å². The Hall–Kier alpha value is -0.650. The number of methoxy groups -OCH3 is 1. The first kappa shape index (κ1) is 13.8. The van der Waals surface area contributed by atoms with Crippen molar-refractivity contribution in [2.24, 2.45) is 0 Å². The second-order valence-electron chi connectivity index (χ2n) is 4.57. The zero-order valence-electron chi connectivity index (χ0n) is 10.7. The Morgan fingerprint density at radius 1 is 1.56 bits per heavy atom. The third kappa shape index (κ3) is 2.84. The van der Waals surface area contributed by atoms with Crippen molar-refractivity contribution >= 4 is 15.9 Å². The Morgan fingerprint density at radius 3 is 3.00 bits per heavy atom. The molecule has 1 fully saturated rings. The average molecular weight is 317 g/mol. The Morgan fingerprint density at radius 2 is 2.33 bits per heavy atom. The summed E-state index contributed by atoms with van der Waals surface area (Å²) < 4.78 is 19.4. The normalized spacial score (nSPS) is 21.0. The van der Waals surface area contributed by atoms with Crippen LogP contribution in [-0.4, -0.2) is 37.7 Å². The van der Waals surface area contributed by atoms with Gasteiger partial charge >= 0.3 is 0 Å². The Labute approximate surface area is 115 Å². The van der Waals surface area contributed by atoms with Crippen LogP contribution in [0.3, 0.4) is 0 Å². The monoisotopic (exact) mass is 316 g/mol. The standard InChI is InChI=1S/C13H18BrFN2O/c1-9-7-16-5-6-17(9)8-10-12(18-2)4-3-11(15)13(10)14/h3-4,9,16H,5-8H2,1-2H3/t9-/m1/s1. The maximum absolute atomic E-state index is 13.6. The lowest BCUT2D eigenvalue weighted by atomic mass is 10.1. The first-order chi connectivity index (χ1) is 8.63. The summed E-state index contributed by atoms with van der Waals surface area (Å²) in [5.41, 5.74) is 0.881. The first-order valence-corrected chi connectivity index (χ1v) is 6.88. The molecule has 1 atom stereocenters. The van der Waals surface area contributed by atoms with E-state index in [-0.39, 0.29) is 5.82 Å². The van der Waals surface area contributed by atoms with Gasteiger partial charge in [-0.05, 0) is 35.0 Å². The molecule has 0 aliphatic carbocycles. The number of benzene rings is 1. The average Bonchev–Trinajstić information content (AvgIpc) is 2.38. The zero-order chi connectivity index (χ0) is 13.1. The quantitative estimate of drug-likeness (QED) is 0.926. The second-order valence-corrected chi connectivity index (χ2v) is 5.36. The maximum atomic E-state index is 13.6. The van der Waals surface area contributed by atoms with Gasteiger partial charge in [0.25, 0.3) is 0 Å². The molecule has 1 N–H and O–H groups in total. The molecule has 0 spiro atoms. The van der Waals surface area contributed by atoms with E-state index in [0.717, 1.165) is 30.9 Å². The molecule has 0 aromatic heterocycles. The minimum Gasteiger partial charge on any atom is -0.496 e. The van der Waals surface area contributed by atoms with E-state index >= 15 is 0 Å². The van der Waals surface area contributed by atoms with Crippen molar-refractivity contribution in [3.05, 3.63) is 28.0 Å². The van der Waals surface area contributed by atoms with Gasteiger partial charge in [0.05, 0.1) is 11.6 Å². The summed E-state index contributed by atoms with van der Waals surface area (Å²) in [6.07, 6.45) is 0. The highest BCUT2D eigenvalue weighted by atomic mass is 79.9. The molecule has 0 unspecified atom stereocenters. The zero-order valence-corrected chi connectivity index (χ0v) is 12.3. The largest absolute Gasteiger partial charge is 0.496 e. The van der Waals surface area contributed by atoms with Gasteiger partial charge in [0.1, 0.15) is 11.6 Å². The van der Waals surface area contributed by atoms with Crippen LogP contribution in [0.2, 0.25) is 0 Å². The number of piperazine rings is 1. The van der Waals surface area contributed by atoms with E-state index in [1.807, 2.05) is 0 Å². The van der Waals surface area contributed by atoms with Gasteiger partial charge in [0, 0.05) is 37.8 Å². The molecule has 1 aromatic rings. The van der Waals surface area contributed by atoms with Gasteiger partial charge in [-0.3, -0.25) is 4.90 Å². The van der Waals surface area contributed by atoms with Crippen molar-refractivity contribution in [1.82, 2.24) is 10.2 Å². The molecule has 1 aliphatic heterocycles. The predicted molar refractivity (Wildman–Crippen MR) is 73.4 cm³/mol. The predicted octanol–water partition coefficient (Wildman–Crippen LogP) is 2.39. The third-order valence-corrected chi connectivity index (χ3v) is 4.23. The molecular formula is C13H18BrFN2O. The Bertz CT molecular complexity index is 428. The highest BCUT2D eigenvalue weighted by Crippen LogP contribution is 2.31. The van der Waals surface area contributed by atoms with Gasteiger partial charge in [-0.2, -0.15) is 0 Å². The van der Waals surface area contributed by atoms with Crippen LogP contribution >= 0.6 is 15.9 Å². The molecule has 0 saturated carbocycles. The van der Waals surface area contributed by atoms with Crippen molar-refractivity contribution in [2.45, 2.75) is 19.5 Å². The summed E-state index contributed by atoms with van der Waals surface area (Å²) in [6.45, 7) is 5.78. The fraction of sp³-hybridized carbons (Fsp3) is 0.538. The molecule has 1 saturated heterocycles. The molecule has 100 valence electrons. The maximum Gasteiger partial charge on any atom is 0.137 e. The molecule has 1 aromatic carbocycles. The number of ether oxygens (including phenoxy) is 1. The third-order valence-electron chi connectivity index (χ3n) is 3.37. The van der Waals surface area contributed by atoms with Crippen LogP contribution in [0, 0.1) is 5.82 Å². The number of hydrogen-bond acceptors (Lipinski definition) is 3. The smallest absolute Gasteiger partial charge is 0.137 e. The van der Waals surface area contributed by atoms with E-state index in [1.54, 1.807) is 13.2 Å². The molecule has 18 heavy (non-hydrogen) atoms. The molecule has 2 rings (SSSR count). The van der Waals surface area contributed by atoms with Gasteiger partial charge in [-0.15, -0.1) is 0 Å². The van der Waals surface area contributed by atoms with E-state index < -0.39 is 0 Å². The summed E-state index contributed by atoms with van der Waals surface area (Å²) in [7, 11) is 1.62. The lowest BCUT2D eigenvalue weighted by Crippen LogP contribution is -2.49. The molecule has 0 amide bonds. The van der Waals surface area contributed by atoms with E-state index in [0.29, 0.717) is 17.1 Å². The van der Waals surface area contributed by atoms with Gasteiger partial charge in [-0.1, -0.05) is 0 Å². The Kier molecular flexibility index (Phi) is 4.59. The lowest BCUT2D eigenvalue weighted by Gasteiger charge is -2.34. The van der Waals surface area contributed by atoms with Crippen LogP contribution in [0.15, 0.2) is 16.6 Å². The summed E-state index contributed by atoms with van der Waals surface area (Å²) in [6, 6.07) is 3.55. The van der Waals surface area contributed by atoms with Gasteiger partial charge in [0.2, 0.25) is 0 Å². The van der Waals surface area contributed by atoms with Gasteiger partial charge in [-0.25, -0.2) is 4.39 Å². The van der Waals surface area contributed by atoms with Crippen molar-refractivity contribution < 1.29 is 9.13 Å². The van der Waals surface area contributed by atoms with E-state index in [9.17, 15) is 4.39 Å². The fourth-order valence-corrected chi connectivity index (χ4v) is 2.69. The summed E-state index contributed by atoms with van der Waals surface area (Å²) in [5, 5.41) is 3.35. The summed E-state index contributed by atoms with van der Waals surface area (Å²) in [4.78, 5) is 2.33. The summed E-state index contributed by atoms with van der Waals surface area (Å²) >= 11 is 3.32. The number of hydrogen-bond donors (Lipinski definition) is 1. The number of nitrogens with zero attached hydrogens (tertiary/aromatic N) is 1. The minimum atomic E-state index is -0.242. The first-order valence-electron chi connectivity index (χ1n) is 6.09. The number of nitrogens with one attached hydrogen (secondary N) is 1. The molecule has 1 heterocycles. The molecular weight excluding hydrogens is 299 g/mol. The Balaban J connectivity index is 2.24. The van der Waals surface area contributed by atoms with Crippen LogP contribution in [0.5, 0.6) is 5.75 Å². The van der Waals surface area contributed by atoms with Gasteiger partial charge < -0.3 is 10.1 Å². The number of halogens is 2. The van der Waals surface area contributed by atoms with Gasteiger partial charge in [0.15, 0.2) is 0 Å². The van der Waals surface area contributed by atoms with Crippen LogP contribution in [0.25, 0.3) is 0 Å². The molecule has 0 bridgehead atoms. The van der Waals surface area contributed by atoms with Crippen molar-refractivity contribution in [2.75, 3.05) is 26.7 Å². The fourth-order valence-electron chi connectivity index (χ4n) is 2.23. The summed E-state index contributed by atoms with van der Waals surface area (Å²) in [5.74, 6) is 0.489. The SMILES string of the molecule is COc1ccc(F)c(Br)c1CN1CCNC[C@H]1C. The van der Waals surface area contributed by atoms with E-state index in [2.05, 4.69) is 33.1 Å². The highest BCUT2D eigenvalue weighted by Gasteiger charge is 2.21. The van der Waals surface area contributed by atoms with Crippen LogP contribution in [0.1, 0.15) is 12.5 Å². The topological polar surface area (TPSA) is 24.5 Å². The van der Waals surface area contributed by atoms with Crippen molar-refractivity contribution in [1.29, 1.82) is 0 Å². The van der Waals surface area contributed by atoms with Crippen LogP contribution < -0.4 is 10.1 Å². The molecule has 1 aliphatic rings. The molecule has 3 nitrogen and oxygen atoms in total. The van der Waals surface area contributed by atoms with Crippen LogP contribution in [0.4, 0.5) is 4.39 Å². The lowest BCUT2D eigenvalue weighted by molar-refractivity contribution is 0.163. The van der Waals surface area contributed by atoms with Crippen LogP contribution in [-0.2, 0) is 6.54 Å².